The second-order valence-corrected chi connectivity index (χ2v) is 7.46. The molecule has 2 aromatic carbocycles. The SMILES string of the molecule is CCOC(=O)COc1c(I)cc(/C=C(\C#N)C(=O)Nc2ccc(CC)cc2)cc1OC. The molecule has 8 heteroatoms. The van der Waals surface area contributed by atoms with Gasteiger partial charge in [0.25, 0.3) is 5.91 Å². The molecule has 2 aromatic rings. The molecule has 0 unspecified atom stereocenters. The number of nitrogens with one attached hydrogen (secondary N) is 1. The fraction of sp³-hybridized carbons (Fsp3) is 0.261. The zero-order valence-corrected chi connectivity index (χ0v) is 19.7. The van der Waals surface area contributed by atoms with Crippen molar-refractivity contribution < 1.29 is 23.8 Å². The number of nitriles is 1. The number of methoxy groups -OCH3 is 1. The molecule has 0 bridgehead atoms. The fourth-order valence-electron chi connectivity index (χ4n) is 2.63. The third-order valence-corrected chi connectivity index (χ3v) is 4.99. The first-order valence-corrected chi connectivity index (χ1v) is 10.7. The molecule has 162 valence electrons. The van der Waals surface area contributed by atoms with Crippen molar-refractivity contribution in [2.75, 3.05) is 25.6 Å². The smallest absolute Gasteiger partial charge is 0.344 e. The maximum Gasteiger partial charge on any atom is 0.344 e. The first kappa shape index (κ1) is 24.2. The predicted molar refractivity (Wildman–Crippen MR) is 126 cm³/mol. The van der Waals surface area contributed by atoms with E-state index in [4.69, 9.17) is 14.2 Å². The van der Waals surface area contributed by atoms with Crippen LogP contribution in [-0.2, 0) is 20.7 Å². The zero-order chi connectivity index (χ0) is 22.8. The van der Waals surface area contributed by atoms with Crippen LogP contribution < -0.4 is 14.8 Å². The number of halogens is 1. The number of nitrogens with zero attached hydrogens (tertiary/aromatic N) is 1. The molecule has 0 radical (unpaired) electrons. The molecular formula is C23H23IN2O5. The highest BCUT2D eigenvalue weighted by molar-refractivity contribution is 14.1. The largest absolute Gasteiger partial charge is 0.493 e. The van der Waals surface area contributed by atoms with E-state index in [0.29, 0.717) is 26.3 Å². The van der Waals surface area contributed by atoms with Crippen LogP contribution in [0.2, 0.25) is 0 Å². The number of aryl methyl sites for hydroxylation is 1. The quantitative estimate of drug-likeness (QED) is 0.223. The van der Waals surface area contributed by atoms with E-state index in [1.807, 2.05) is 47.7 Å². The summed E-state index contributed by atoms with van der Waals surface area (Å²) in [5, 5.41) is 12.2. The van der Waals surface area contributed by atoms with E-state index < -0.39 is 11.9 Å². The number of carbonyl (C=O) groups is 2. The normalized spacial score (nSPS) is 10.7. The molecule has 0 spiro atoms. The van der Waals surface area contributed by atoms with E-state index in [9.17, 15) is 14.9 Å². The molecule has 0 aliphatic carbocycles. The fourth-order valence-corrected chi connectivity index (χ4v) is 3.42. The summed E-state index contributed by atoms with van der Waals surface area (Å²) in [7, 11) is 1.47. The van der Waals surface area contributed by atoms with Gasteiger partial charge in [0, 0.05) is 5.69 Å². The molecule has 0 aliphatic rings. The number of anilines is 1. The van der Waals surface area contributed by atoms with Crippen molar-refractivity contribution in [3.05, 3.63) is 56.7 Å². The lowest BCUT2D eigenvalue weighted by Gasteiger charge is -2.13. The standard InChI is InChI=1S/C23H23IN2O5/c1-4-15-6-8-18(9-7-15)26-23(28)17(13-25)10-16-11-19(24)22(20(12-16)29-3)31-14-21(27)30-5-2/h6-12H,4-5,14H2,1-3H3,(H,26,28)/b17-10+. The molecule has 0 aliphatic heterocycles. The first-order valence-electron chi connectivity index (χ1n) is 9.59. The van der Waals surface area contributed by atoms with Crippen molar-refractivity contribution in [1.29, 1.82) is 5.26 Å². The molecule has 7 nitrogen and oxygen atoms in total. The van der Waals surface area contributed by atoms with E-state index in [0.717, 1.165) is 12.0 Å². The van der Waals surface area contributed by atoms with Gasteiger partial charge in [-0.15, -0.1) is 0 Å². The lowest BCUT2D eigenvalue weighted by Crippen LogP contribution is -2.15. The molecule has 0 fully saturated rings. The van der Waals surface area contributed by atoms with E-state index >= 15 is 0 Å². The maximum absolute atomic E-state index is 12.5. The van der Waals surface area contributed by atoms with Gasteiger partial charge >= 0.3 is 5.97 Å². The van der Waals surface area contributed by atoms with Crippen molar-refractivity contribution in [2.24, 2.45) is 0 Å². The number of rotatable bonds is 9. The van der Waals surface area contributed by atoms with Gasteiger partial charge in [-0.1, -0.05) is 19.1 Å². The number of hydrogen-bond acceptors (Lipinski definition) is 6. The van der Waals surface area contributed by atoms with Gasteiger partial charge in [-0.05, 0) is 77.4 Å². The van der Waals surface area contributed by atoms with Crippen LogP contribution in [0.4, 0.5) is 5.69 Å². The lowest BCUT2D eigenvalue weighted by molar-refractivity contribution is -0.145. The van der Waals surface area contributed by atoms with Gasteiger partial charge in [0.05, 0.1) is 17.3 Å². The van der Waals surface area contributed by atoms with Crippen LogP contribution in [0.25, 0.3) is 6.08 Å². The second kappa shape index (κ2) is 12.0. The Morgan fingerprint density at radius 3 is 2.48 bits per heavy atom. The van der Waals surface area contributed by atoms with Crippen molar-refractivity contribution in [3.63, 3.8) is 0 Å². The van der Waals surface area contributed by atoms with Gasteiger partial charge in [0.2, 0.25) is 0 Å². The Kier molecular flexibility index (Phi) is 9.34. The van der Waals surface area contributed by atoms with Crippen LogP contribution in [0.1, 0.15) is 25.0 Å². The Labute approximate surface area is 195 Å². The average molecular weight is 534 g/mol. The Morgan fingerprint density at radius 1 is 1.19 bits per heavy atom. The van der Waals surface area contributed by atoms with Gasteiger partial charge in [-0.2, -0.15) is 5.26 Å². The highest BCUT2D eigenvalue weighted by Gasteiger charge is 2.15. The van der Waals surface area contributed by atoms with Crippen LogP contribution in [-0.4, -0.2) is 32.2 Å². The summed E-state index contributed by atoms with van der Waals surface area (Å²) < 4.78 is 16.4. The van der Waals surface area contributed by atoms with Gasteiger partial charge in [-0.3, -0.25) is 4.79 Å². The third-order valence-electron chi connectivity index (χ3n) is 4.19. The summed E-state index contributed by atoms with van der Waals surface area (Å²) in [6, 6.07) is 12.7. The summed E-state index contributed by atoms with van der Waals surface area (Å²) in [4.78, 5) is 24.1. The topological polar surface area (TPSA) is 97.7 Å². The van der Waals surface area contributed by atoms with Crippen LogP contribution in [0, 0.1) is 14.9 Å². The van der Waals surface area contributed by atoms with E-state index in [2.05, 4.69) is 5.32 Å². The highest BCUT2D eigenvalue weighted by Crippen LogP contribution is 2.34. The Bertz CT molecular complexity index is 1010. The number of ether oxygens (including phenoxy) is 3. The molecule has 0 heterocycles. The first-order chi connectivity index (χ1) is 14.9. The van der Waals surface area contributed by atoms with Crippen molar-refractivity contribution >= 4 is 46.2 Å². The Morgan fingerprint density at radius 2 is 1.90 bits per heavy atom. The molecule has 0 aromatic heterocycles. The second-order valence-electron chi connectivity index (χ2n) is 6.30. The lowest BCUT2D eigenvalue weighted by atomic mass is 10.1. The van der Waals surface area contributed by atoms with Gasteiger partial charge in [-0.25, -0.2) is 4.79 Å². The van der Waals surface area contributed by atoms with Crippen LogP contribution in [0.15, 0.2) is 42.0 Å². The summed E-state index contributed by atoms with van der Waals surface area (Å²) >= 11 is 2.03. The number of carbonyl (C=O) groups excluding carboxylic acids is 2. The zero-order valence-electron chi connectivity index (χ0n) is 17.5. The Hall–Kier alpha value is -3.06. The molecule has 0 saturated heterocycles. The monoisotopic (exact) mass is 534 g/mol. The van der Waals surface area contributed by atoms with Crippen molar-refractivity contribution in [3.8, 4) is 17.6 Å². The summed E-state index contributed by atoms with van der Waals surface area (Å²) in [6.45, 7) is 3.78. The minimum Gasteiger partial charge on any atom is -0.493 e. The summed E-state index contributed by atoms with van der Waals surface area (Å²) in [6.07, 6.45) is 2.37. The average Bonchev–Trinajstić information content (AvgIpc) is 2.76. The van der Waals surface area contributed by atoms with Gasteiger partial charge in [0.15, 0.2) is 18.1 Å². The summed E-state index contributed by atoms with van der Waals surface area (Å²) in [5.74, 6) is -0.245. The van der Waals surface area contributed by atoms with E-state index in [-0.39, 0.29) is 18.8 Å². The molecule has 31 heavy (non-hydrogen) atoms. The number of esters is 1. The van der Waals surface area contributed by atoms with Gasteiger partial charge in [0.1, 0.15) is 11.6 Å². The van der Waals surface area contributed by atoms with Crippen LogP contribution in [0.3, 0.4) is 0 Å². The maximum atomic E-state index is 12.5. The van der Waals surface area contributed by atoms with E-state index in [1.165, 1.54) is 13.2 Å². The molecular weight excluding hydrogens is 511 g/mol. The molecule has 0 saturated carbocycles. The van der Waals surface area contributed by atoms with Crippen LogP contribution in [0.5, 0.6) is 11.5 Å². The highest BCUT2D eigenvalue weighted by atomic mass is 127. The van der Waals surface area contributed by atoms with E-state index in [1.54, 1.807) is 31.2 Å². The summed E-state index contributed by atoms with van der Waals surface area (Å²) in [5.41, 5.74) is 2.29. The number of benzene rings is 2. The van der Waals surface area contributed by atoms with Crippen molar-refractivity contribution in [1.82, 2.24) is 0 Å². The van der Waals surface area contributed by atoms with Crippen molar-refractivity contribution in [2.45, 2.75) is 20.3 Å². The third kappa shape index (κ3) is 7.00. The molecule has 1 N–H and O–H groups in total. The molecule has 1 amide bonds. The molecule has 0 atom stereocenters. The predicted octanol–water partition coefficient (Wildman–Crippen LogP) is 4.35. The number of amides is 1. The Balaban J connectivity index is 2.22. The van der Waals surface area contributed by atoms with Crippen LogP contribution >= 0.6 is 22.6 Å². The minimum atomic E-state index is -0.511. The van der Waals surface area contributed by atoms with Gasteiger partial charge < -0.3 is 19.5 Å². The molecule has 2 rings (SSSR count). The minimum absolute atomic E-state index is 0.0578. The number of hydrogen-bond donors (Lipinski definition) is 1.